The molecule has 0 aliphatic rings. The molecule has 0 spiro atoms. The van der Waals surface area contributed by atoms with Gasteiger partial charge in [-0.05, 0) is 48.5 Å². The first-order chi connectivity index (χ1) is 11.1. The fourth-order valence-corrected chi connectivity index (χ4v) is 3.92. The Morgan fingerprint density at radius 3 is 2.52 bits per heavy atom. The Morgan fingerprint density at radius 1 is 1.00 bits per heavy atom. The molecule has 0 atom stereocenters. The highest BCUT2D eigenvalue weighted by Gasteiger charge is 2.03. The van der Waals surface area contributed by atoms with E-state index in [4.69, 9.17) is 11.6 Å². The molecule has 1 heterocycles. The van der Waals surface area contributed by atoms with Crippen LogP contribution >= 0.6 is 34.7 Å². The van der Waals surface area contributed by atoms with Crippen molar-refractivity contribution in [3.8, 4) is 0 Å². The number of halogens is 3. The summed E-state index contributed by atoms with van der Waals surface area (Å²) in [7, 11) is 0. The van der Waals surface area contributed by atoms with E-state index >= 15 is 0 Å². The standard InChI is InChI=1S/C17H10ClF2NS2/c18-11-1-4-13(5-2-11)22-17-8-6-14(23-17)10-21-16-7-3-12(19)9-15(16)20/h1-10H. The average molecular weight is 366 g/mol. The van der Waals surface area contributed by atoms with Crippen LogP contribution in [0, 0.1) is 11.6 Å². The Morgan fingerprint density at radius 2 is 1.78 bits per heavy atom. The molecule has 3 aromatic rings. The zero-order chi connectivity index (χ0) is 16.2. The first kappa shape index (κ1) is 16.2. The van der Waals surface area contributed by atoms with Gasteiger partial charge in [0.25, 0.3) is 0 Å². The molecule has 1 aromatic heterocycles. The minimum absolute atomic E-state index is 0.117. The Kier molecular flexibility index (Phi) is 5.10. The van der Waals surface area contributed by atoms with Crippen molar-refractivity contribution < 1.29 is 8.78 Å². The van der Waals surface area contributed by atoms with Gasteiger partial charge in [-0.25, -0.2) is 8.78 Å². The lowest BCUT2D eigenvalue weighted by molar-refractivity contribution is 0.585. The highest BCUT2D eigenvalue weighted by molar-refractivity contribution is 8.01. The Bertz CT molecular complexity index is 844. The van der Waals surface area contributed by atoms with Gasteiger partial charge in [0, 0.05) is 27.1 Å². The van der Waals surface area contributed by atoms with Gasteiger partial charge in [-0.1, -0.05) is 23.4 Å². The quantitative estimate of drug-likeness (QED) is 0.475. The third-order valence-corrected chi connectivity index (χ3v) is 5.29. The van der Waals surface area contributed by atoms with E-state index in [2.05, 4.69) is 4.99 Å². The number of rotatable bonds is 4. The molecule has 0 amide bonds. The molecule has 0 aliphatic carbocycles. The van der Waals surface area contributed by atoms with Crippen LogP contribution in [0.15, 0.2) is 68.7 Å². The monoisotopic (exact) mass is 365 g/mol. The van der Waals surface area contributed by atoms with E-state index in [1.807, 2.05) is 36.4 Å². The summed E-state index contributed by atoms with van der Waals surface area (Å²) < 4.78 is 27.4. The fraction of sp³-hybridized carbons (Fsp3) is 0. The van der Waals surface area contributed by atoms with Gasteiger partial charge in [-0.2, -0.15) is 0 Å². The maximum atomic E-state index is 13.5. The highest BCUT2D eigenvalue weighted by atomic mass is 35.5. The van der Waals surface area contributed by atoms with Crippen molar-refractivity contribution in [3.63, 3.8) is 0 Å². The summed E-state index contributed by atoms with van der Waals surface area (Å²) in [4.78, 5) is 6.05. The van der Waals surface area contributed by atoms with E-state index < -0.39 is 11.6 Å². The maximum Gasteiger partial charge on any atom is 0.151 e. The molecule has 23 heavy (non-hydrogen) atoms. The third kappa shape index (κ3) is 4.41. The molecular formula is C17H10ClF2NS2. The fourth-order valence-electron chi connectivity index (χ4n) is 1.80. The lowest BCUT2D eigenvalue weighted by Crippen LogP contribution is -1.80. The van der Waals surface area contributed by atoms with Crippen LogP contribution in [0.1, 0.15) is 4.88 Å². The molecule has 0 bridgehead atoms. The molecular weight excluding hydrogens is 356 g/mol. The van der Waals surface area contributed by atoms with E-state index in [1.165, 1.54) is 12.1 Å². The number of benzene rings is 2. The average Bonchev–Trinajstić information content (AvgIpc) is 2.96. The molecule has 6 heteroatoms. The van der Waals surface area contributed by atoms with Crippen LogP contribution in [0.3, 0.4) is 0 Å². The SMILES string of the molecule is Fc1ccc(N=Cc2ccc(Sc3ccc(Cl)cc3)s2)c(F)c1. The summed E-state index contributed by atoms with van der Waals surface area (Å²) in [6, 6.07) is 14.8. The summed E-state index contributed by atoms with van der Waals surface area (Å²) in [5, 5.41) is 0.703. The molecule has 0 saturated heterocycles. The second-order valence-electron chi connectivity index (χ2n) is 4.57. The van der Waals surface area contributed by atoms with Crippen molar-refractivity contribution in [2.24, 2.45) is 4.99 Å². The van der Waals surface area contributed by atoms with Crippen LogP contribution in [0.2, 0.25) is 5.02 Å². The Balaban J connectivity index is 1.71. The van der Waals surface area contributed by atoms with Gasteiger partial charge in [0.1, 0.15) is 5.82 Å². The van der Waals surface area contributed by atoms with Gasteiger partial charge < -0.3 is 0 Å². The molecule has 3 rings (SSSR count). The van der Waals surface area contributed by atoms with Gasteiger partial charge in [-0.3, -0.25) is 4.99 Å². The molecule has 116 valence electrons. The summed E-state index contributed by atoms with van der Waals surface area (Å²) in [5.74, 6) is -1.28. The molecule has 0 aliphatic heterocycles. The van der Waals surface area contributed by atoms with Crippen molar-refractivity contribution in [1.82, 2.24) is 0 Å². The van der Waals surface area contributed by atoms with Gasteiger partial charge in [0.2, 0.25) is 0 Å². The van der Waals surface area contributed by atoms with Crippen molar-refractivity contribution in [2.45, 2.75) is 9.10 Å². The predicted molar refractivity (Wildman–Crippen MR) is 93.5 cm³/mol. The summed E-state index contributed by atoms with van der Waals surface area (Å²) in [5.41, 5.74) is 0.117. The van der Waals surface area contributed by atoms with Crippen molar-refractivity contribution in [3.05, 3.63) is 76.1 Å². The smallest absolute Gasteiger partial charge is 0.151 e. The Labute approximate surface area is 145 Å². The normalized spacial score (nSPS) is 11.3. The van der Waals surface area contributed by atoms with Crippen molar-refractivity contribution in [2.75, 3.05) is 0 Å². The summed E-state index contributed by atoms with van der Waals surface area (Å²) in [6.07, 6.45) is 1.58. The molecule has 0 radical (unpaired) electrons. The second-order valence-corrected chi connectivity index (χ2v) is 7.49. The lowest BCUT2D eigenvalue weighted by Gasteiger charge is -1.98. The summed E-state index contributed by atoms with van der Waals surface area (Å²) in [6.45, 7) is 0. The first-order valence-corrected chi connectivity index (χ1v) is 8.63. The zero-order valence-electron chi connectivity index (χ0n) is 11.7. The van der Waals surface area contributed by atoms with Crippen LogP contribution in [-0.4, -0.2) is 6.21 Å². The van der Waals surface area contributed by atoms with E-state index in [0.29, 0.717) is 5.02 Å². The highest BCUT2D eigenvalue weighted by Crippen LogP contribution is 2.33. The van der Waals surface area contributed by atoms with Gasteiger partial charge in [0.05, 0.1) is 9.90 Å². The number of aliphatic imine (C=N–C) groups is 1. The molecule has 0 N–H and O–H groups in total. The first-order valence-electron chi connectivity index (χ1n) is 6.62. The van der Waals surface area contributed by atoms with E-state index in [-0.39, 0.29) is 5.69 Å². The zero-order valence-corrected chi connectivity index (χ0v) is 14.1. The largest absolute Gasteiger partial charge is 0.252 e. The molecule has 0 saturated carbocycles. The van der Waals surface area contributed by atoms with Crippen LogP contribution in [-0.2, 0) is 0 Å². The van der Waals surface area contributed by atoms with Gasteiger partial charge in [-0.15, -0.1) is 11.3 Å². The van der Waals surface area contributed by atoms with Gasteiger partial charge in [0.15, 0.2) is 5.82 Å². The van der Waals surface area contributed by atoms with E-state index in [1.54, 1.807) is 29.3 Å². The summed E-state index contributed by atoms with van der Waals surface area (Å²) >= 11 is 9.03. The number of thiophene rings is 1. The second kappa shape index (κ2) is 7.25. The molecule has 1 nitrogen and oxygen atoms in total. The third-order valence-electron chi connectivity index (χ3n) is 2.87. The number of hydrogen-bond donors (Lipinski definition) is 0. The number of nitrogens with zero attached hydrogens (tertiary/aromatic N) is 1. The van der Waals surface area contributed by atoms with Gasteiger partial charge >= 0.3 is 0 Å². The minimum atomic E-state index is -0.673. The Hall–Kier alpha value is -1.69. The topological polar surface area (TPSA) is 12.4 Å². The predicted octanol–water partition coefficient (Wildman–Crippen LogP) is 6.58. The van der Waals surface area contributed by atoms with Crippen LogP contribution in [0.5, 0.6) is 0 Å². The van der Waals surface area contributed by atoms with Crippen LogP contribution in [0.25, 0.3) is 0 Å². The van der Waals surface area contributed by atoms with E-state index in [9.17, 15) is 8.78 Å². The van der Waals surface area contributed by atoms with E-state index in [0.717, 1.165) is 20.0 Å². The van der Waals surface area contributed by atoms with Crippen LogP contribution in [0.4, 0.5) is 14.5 Å². The maximum absolute atomic E-state index is 13.5. The van der Waals surface area contributed by atoms with Crippen LogP contribution < -0.4 is 0 Å². The number of hydrogen-bond acceptors (Lipinski definition) is 3. The minimum Gasteiger partial charge on any atom is -0.252 e. The molecule has 2 aromatic carbocycles. The molecule has 0 unspecified atom stereocenters. The van der Waals surface area contributed by atoms with Crippen molar-refractivity contribution >= 4 is 46.6 Å². The lowest BCUT2D eigenvalue weighted by atomic mass is 10.3. The molecule has 0 fully saturated rings. The van der Waals surface area contributed by atoms with Crippen molar-refractivity contribution in [1.29, 1.82) is 0 Å².